The minimum absolute atomic E-state index is 0.250. The molecular formula is C33H32FN5. The number of aromatic amines is 2. The first-order valence-corrected chi connectivity index (χ1v) is 13.0. The summed E-state index contributed by atoms with van der Waals surface area (Å²) in [5.41, 5.74) is 9.11. The number of nitrogens with one attached hydrogen (secondary N) is 3. The normalized spacial score (nSPS) is 12.4. The average Bonchev–Trinajstić information content (AvgIpc) is 3.54. The third kappa shape index (κ3) is 5.46. The first-order valence-electron chi connectivity index (χ1n) is 13.0. The molecule has 196 valence electrons. The molecule has 2 aromatic carbocycles. The van der Waals surface area contributed by atoms with Gasteiger partial charge in [0.1, 0.15) is 11.5 Å². The Kier molecular flexibility index (Phi) is 7.28. The van der Waals surface area contributed by atoms with Crippen LogP contribution in [0.3, 0.4) is 0 Å². The molecule has 0 aliphatic rings. The van der Waals surface area contributed by atoms with Gasteiger partial charge in [0.15, 0.2) is 0 Å². The van der Waals surface area contributed by atoms with Crippen LogP contribution in [0.4, 0.5) is 4.39 Å². The molecule has 0 fully saturated rings. The fourth-order valence-electron chi connectivity index (χ4n) is 4.81. The van der Waals surface area contributed by atoms with Crippen molar-refractivity contribution in [1.82, 2.24) is 25.5 Å². The molecule has 0 radical (unpaired) electrons. The molecule has 5 rings (SSSR count). The molecule has 5 nitrogen and oxygen atoms in total. The van der Waals surface area contributed by atoms with Gasteiger partial charge in [-0.2, -0.15) is 5.10 Å². The third-order valence-corrected chi connectivity index (χ3v) is 6.64. The molecule has 0 saturated carbocycles. The molecule has 0 bridgehead atoms. The van der Waals surface area contributed by atoms with Crippen LogP contribution in [0.1, 0.15) is 32.9 Å². The fraction of sp³-hybridized carbons (Fsp3) is 0.152. The molecule has 0 amide bonds. The minimum Gasteiger partial charge on any atom is -0.359 e. The monoisotopic (exact) mass is 517 g/mol. The Bertz CT molecular complexity index is 1730. The van der Waals surface area contributed by atoms with Gasteiger partial charge >= 0.3 is 0 Å². The SMILES string of the molecule is C=C/C(=C\C(=C/C)c1cc2c(-c3cc4c(-c5ccc(F)cc5)cccc4[nH]3)n[nH]c2cn1)NC(=C)CC(C)C. The van der Waals surface area contributed by atoms with E-state index in [1.807, 2.05) is 43.5 Å². The van der Waals surface area contributed by atoms with Crippen LogP contribution in [0, 0.1) is 11.7 Å². The van der Waals surface area contributed by atoms with Crippen LogP contribution in [-0.4, -0.2) is 20.2 Å². The topological polar surface area (TPSA) is 69.4 Å². The van der Waals surface area contributed by atoms with Crippen LogP contribution in [0.5, 0.6) is 0 Å². The third-order valence-electron chi connectivity index (χ3n) is 6.64. The number of pyridine rings is 1. The van der Waals surface area contributed by atoms with Crippen molar-refractivity contribution in [2.75, 3.05) is 0 Å². The Labute approximate surface area is 227 Å². The van der Waals surface area contributed by atoms with E-state index in [9.17, 15) is 4.39 Å². The number of fused-ring (bicyclic) bond motifs is 2. The summed E-state index contributed by atoms with van der Waals surface area (Å²) >= 11 is 0. The lowest BCUT2D eigenvalue weighted by Gasteiger charge is -2.13. The smallest absolute Gasteiger partial charge is 0.123 e. The van der Waals surface area contributed by atoms with Gasteiger partial charge in [0.2, 0.25) is 0 Å². The van der Waals surface area contributed by atoms with Gasteiger partial charge in [-0.15, -0.1) is 0 Å². The van der Waals surface area contributed by atoms with Crippen LogP contribution < -0.4 is 5.32 Å². The molecule has 3 N–H and O–H groups in total. The average molecular weight is 518 g/mol. The first-order chi connectivity index (χ1) is 18.9. The Morgan fingerprint density at radius 3 is 2.59 bits per heavy atom. The first kappa shape index (κ1) is 25.9. The van der Waals surface area contributed by atoms with Gasteiger partial charge in [-0.3, -0.25) is 10.1 Å². The number of hydrogen-bond acceptors (Lipinski definition) is 3. The largest absolute Gasteiger partial charge is 0.359 e. The van der Waals surface area contributed by atoms with E-state index in [1.54, 1.807) is 18.2 Å². The van der Waals surface area contributed by atoms with Gasteiger partial charge in [-0.05, 0) is 78.4 Å². The van der Waals surface area contributed by atoms with Crippen molar-refractivity contribution >= 4 is 27.4 Å². The lowest BCUT2D eigenvalue weighted by atomic mass is 10.0. The quantitative estimate of drug-likeness (QED) is 0.172. The van der Waals surface area contributed by atoms with Crippen LogP contribution in [0.2, 0.25) is 0 Å². The maximum atomic E-state index is 13.5. The second-order valence-electron chi connectivity index (χ2n) is 10.0. The van der Waals surface area contributed by atoms with Crippen LogP contribution in [-0.2, 0) is 0 Å². The molecule has 39 heavy (non-hydrogen) atoms. The van der Waals surface area contributed by atoms with Crippen molar-refractivity contribution in [3.8, 4) is 22.5 Å². The number of H-pyrrole nitrogens is 2. The van der Waals surface area contributed by atoms with E-state index in [0.717, 1.165) is 73.4 Å². The molecule has 0 aliphatic heterocycles. The van der Waals surface area contributed by atoms with Crippen LogP contribution in [0.15, 0.2) is 104 Å². The molecule has 6 heteroatoms. The van der Waals surface area contributed by atoms with Crippen molar-refractivity contribution < 1.29 is 4.39 Å². The zero-order valence-corrected chi connectivity index (χ0v) is 22.5. The lowest BCUT2D eigenvalue weighted by molar-refractivity contribution is 0.622. The van der Waals surface area contributed by atoms with E-state index in [-0.39, 0.29) is 5.82 Å². The molecule has 3 aromatic heterocycles. The van der Waals surface area contributed by atoms with E-state index in [4.69, 9.17) is 4.98 Å². The standard InChI is InChI=1S/C33H32FN5/c1-6-22(16-25(7-2)36-21(5)15-20(3)4)30-18-28-32(19-35-30)38-39-33(28)31-17-27-26(9-8-10-29(27)37-31)23-11-13-24(34)14-12-23/h6-14,16-20,36-37H,2,5,15H2,1,3-4H3,(H,38,39)/b22-6+,25-16+. The number of allylic oxidation sites excluding steroid dienone is 5. The minimum atomic E-state index is -0.250. The predicted molar refractivity (Wildman–Crippen MR) is 160 cm³/mol. The second kappa shape index (κ2) is 11.0. The second-order valence-corrected chi connectivity index (χ2v) is 10.0. The number of aromatic nitrogens is 4. The summed E-state index contributed by atoms with van der Waals surface area (Å²) in [4.78, 5) is 8.21. The predicted octanol–water partition coefficient (Wildman–Crippen LogP) is 8.53. The highest BCUT2D eigenvalue weighted by Crippen LogP contribution is 2.34. The van der Waals surface area contributed by atoms with Crippen molar-refractivity contribution in [1.29, 1.82) is 0 Å². The van der Waals surface area contributed by atoms with Crippen molar-refractivity contribution in [2.45, 2.75) is 27.2 Å². The molecule has 0 atom stereocenters. The van der Waals surface area contributed by atoms with Crippen molar-refractivity contribution in [3.05, 3.63) is 115 Å². The van der Waals surface area contributed by atoms with Gasteiger partial charge in [0.25, 0.3) is 0 Å². The summed E-state index contributed by atoms with van der Waals surface area (Å²) in [6, 6.07) is 16.8. The van der Waals surface area contributed by atoms with Crippen LogP contribution in [0.25, 0.3) is 49.9 Å². The maximum absolute atomic E-state index is 13.5. The summed E-state index contributed by atoms with van der Waals surface area (Å²) in [5.74, 6) is 0.261. The van der Waals surface area contributed by atoms with E-state index < -0.39 is 0 Å². The molecule has 5 aromatic rings. The summed E-state index contributed by atoms with van der Waals surface area (Å²) < 4.78 is 13.5. The van der Waals surface area contributed by atoms with Crippen molar-refractivity contribution in [3.63, 3.8) is 0 Å². The van der Waals surface area contributed by atoms with Gasteiger partial charge in [-0.1, -0.05) is 57.3 Å². The van der Waals surface area contributed by atoms with Gasteiger partial charge in [0, 0.05) is 27.7 Å². The zero-order valence-electron chi connectivity index (χ0n) is 22.5. The molecule has 0 spiro atoms. The van der Waals surface area contributed by atoms with Crippen LogP contribution >= 0.6 is 0 Å². The Balaban J connectivity index is 1.52. The molecule has 0 saturated heterocycles. The number of rotatable bonds is 9. The summed E-state index contributed by atoms with van der Waals surface area (Å²) in [6.07, 6.45) is 8.54. The molecule has 0 aliphatic carbocycles. The highest BCUT2D eigenvalue weighted by atomic mass is 19.1. The summed E-state index contributed by atoms with van der Waals surface area (Å²) in [6.45, 7) is 14.4. The Morgan fingerprint density at radius 1 is 1.08 bits per heavy atom. The zero-order chi connectivity index (χ0) is 27.5. The Hall–Kier alpha value is -4.71. The van der Waals surface area contributed by atoms with Gasteiger partial charge in [0.05, 0.1) is 23.1 Å². The highest BCUT2D eigenvalue weighted by molar-refractivity contribution is 6.01. The molecule has 0 unspecified atom stereocenters. The van der Waals surface area contributed by atoms with Gasteiger partial charge in [-0.25, -0.2) is 4.39 Å². The van der Waals surface area contributed by atoms with E-state index in [2.05, 4.69) is 59.6 Å². The van der Waals surface area contributed by atoms with Crippen molar-refractivity contribution in [2.24, 2.45) is 5.92 Å². The molecular weight excluding hydrogens is 485 g/mol. The molecule has 3 heterocycles. The highest BCUT2D eigenvalue weighted by Gasteiger charge is 2.15. The van der Waals surface area contributed by atoms with E-state index >= 15 is 0 Å². The van der Waals surface area contributed by atoms with E-state index in [0.29, 0.717) is 5.92 Å². The number of hydrogen-bond donors (Lipinski definition) is 3. The lowest BCUT2D eigenvalue weighted by Crippen LogP contribution is -2.12. The fourth-order valence-corrected chi connectivity index (χ4v) is 4.81. The number of halogens is 1. The Morgan fingerprint density at radius 2 is 1.87 bits per heavy atom. The summed E-state index contributed by atoms with van der Waals surface area (Å²) in [7, 11) is 0. The maximum Gasteiger partial charge on any atom is 0.123 e. The number of nitrogens with zero attached hydrogens (tertiary/aromatic N) is 2. The van der Waals surface area contributed by atoms with Gasteiger partial charge < -0.3 is 10.3 Å². The van der Waals surface area contributed by atoms with E-state index in [1.165, 1.54) is 12.1 Å². The number of benzene rings is 2. The summed E-state index contributed by atoms with van der Waals surface area (Å²) in [5, 5.41) is 13.1.